The van der Waals surface area contributed by atoms with Gasteiger partial charge in [0, 0.05) is 25.5 Å². The summed E-state index contributed by atoms with van der Waals surface area (Å²) in [7, 11) is 0. The molecule has 0 atom stereocenters. The van der Waals surface area contributed by atoms with E-state index in [1.165, 1.54) is 0 Å². The van der Waals surface area contributed by atoms with E-state index in [0.717, 1.165) is 35.9 Å². The van der Waals surface area contributed by atoms with Crippen molar-refractivity contribution in [3.05, 3.63) is 16.4 Å². The summed E-state index contributed by atoms with van der Waals surface area (Å²) < 4.78 is 7.24. The standard InChI is InChI=1S/C12H21Cl2N3O/c1-3-10-12(14)11(17(4-2)16-10)9-15-6-8-18-7-5-13/h15H,3-9H2,1-2H3. The van der Waals surface area contributed by atoms with Gasteiger partial charge in [-0.25, -0.2) is 0 Å². The predicted octanol–water partition coefficient (Wildman–Crippen LogP) is 2.46. The summed E-state index contributed by atoms with van der Waals surface area (Å²) in [6, 6.07) is 0. The maximum Gasteiger partial charge on any atom is 0.0863 e. The molecule has 1 heterocycles. The van der Waals surface area contributed by atoms with Gasteiger partial charge < -0.3 is 10.1 Å². The molecular weight excluding hydrogens is 273 g/mol. The number of nitrogens with zero attached hydrogens (tertiary/aromatic N) is 2. The highest BCUT2D eigenvalue weighted by Gasteiger charge is 2.13. The van der Waals surface area contributed by atoms with Crippen LogP contribution in [-0.4, -0.2) is 35.4 Å². The van der Waals surface area contributed by atoms with Gasteiger partial charge in [-0.05, 0) is 13.3 Å². The average Bonchev–Trinajstić information content (AvgIpc) is 2.70. The number of hydrogen-bond acceptors (Lipinski definition) is 3. The zero-order valence-corrected chi connectivity index (χ0v) is 12.5. The molecule has 0 saturated heterocycles. The molecule has 0 radical (unpaired) electrons. The van der Waals surface area contributed by atoms with Crippen molar-refractivity contribution in [3.63, 3.8) is 0 Å². The number of hydrogen-bond donors (Lipinski definition) is 1. The topological polar surface area (TPSA) is 39.1 Å². The van der Waals surface area contributed by atoms with Gasteiger partial charge >= 0.3 is 0 Å². The lowest BCUT2D eigenvalue weighted by Crippen LogP contribution is -2.21. The molecule has 0 aliphatic carbocycles. The predicted molar refractivity (Wildman–Crippen MR) is 75.5 cm³/mol. The summed E-state index contributed by atoms with van der Waals surface area (Å²) in [6.07, 6.45) is 0.859. The summed E-state index contributed by atoms with van der Waals surface area (Å²) in [5.74, 6) is 0.536. The summed E-state index contributed by atoms with van der Waals surface area (Å²) in [6.45, 7) is 7.70. The van der Waals surface area contributed by atoms with Gasteiger partial charge in [-0.3, -0.25) is 4.68 Å². The number of alkyl halides is 1. The van der Waals surface area contributed by atoms with Gasteiger partial charge in [0.1, 0.15) is 0 Å². The molecule has 1 aromatic heterocycles. The lowest BCUT2D eigenvalue weighted by atomic mass is 10.3. The van der Waals surface area contributed by atoms with Crippen molar-refractivity contribution in [1.29, 1.82) is 0 Å². The van der Waals surface area contributed by atoms with Crippen molar-refractivity contribution in [2.75, 3.05) is 25.6 Å². The third kappa shape index (κ3) is 4.43. The van der Waals surface area contributed by atoms with Crippen LogP contribution in [-0.2, 0) is 24.2 Å². The second kappa shape index (κ2) is 8.75. The van der Waals surface area contributed by atoms with Gasteiger partial charge in [-0.2, -0.15) is 5.10 Å². The minimum Gasteiger partial charge on any atom is -0.379 e. The van der Waals surface area contributed by atoms with Gasteiger partial charge in [0.05, 0.1) is 29.6 Å². The van der Waals surface area contributed by atoms with Gasteiger partial charge in [0.15, 0.2) is 0 Å². The first-order valence-electron chi connectivity index (χ1n) is 6.33. The van der Waals surface area contributed by atoms with Gasteiger partial charge in [0.25, 0.3) is 0 Å². The van der Waals surface area contributed by atoms with Crippen LogP contribution in [0.5, 0.6) is 0 Å². The Labute approximate surface area is 119 Å². The Morgan fingerprint density at radius 3 is 2.72 bits per heavy atom. The molecule has 0 saturated carbocycles. The molecule has 104 valence electrons. The van der Waals surface area contributed by atoms with Crippen molar-refractivity contribution < 1.29 is 4.74 Å². The molecule has 1 aromatic rings. The van der Waals surface area contributed by atoms with Crippen LogP contribution in [0.4, 0.5) is 0 Å². The Morgan fingerprint density at radius 2 is 2.11 bits per heavy atom. The third-order valence-electron chi connectivity index (χ3n) is 2.63. The Morgan fingerprint density at radius 1 is 1.33 bits per heavy atom. The average molecular weight is 294 g/mol. The smallest absolute Gasteiger partial charge is 0.0863 e. The highest BCUT2D eigenvalue weighted by Crippen LogP contribution is 2.21. The molecule has 4 nitrogen and oxygen atoms in total. The van der Waals surface area contributed by atoms with Crippen molar-refractivity contribution in [2.45, 2.75) is 33.4 Å². The van der Waals surface area contributed by atoms with Crippen molar-refractivity contribution >= 4 is 23.2 Å². The first-order chi connectivity index (χ1) is 8.74. The maximum absolute atomic E-state index is 6.30. The summed E-state index contributed by atoms with van der Waals surface area (Å²) in [5.41, 5.74) is 2.02. The molecule has 0 aromatic carbocycles. The monoisotopic (exact) mass is 293 g/mol. The van der Waals surface area contributed by atoms with E-state index >= 15 is 0 Å². The highest BCUT2D eigenvalue weighted by molar-refractivity contribution is 6.31. The van der Waals surface area contributed by atoms with Crippen molar-refractivity contribution in [3.8, 4) is 0 Å². The van der Waals surface area contributed by atoms with Crippen LogP contribution in [0.25, 0.3) is 0 Å². The third-order valence-corrected chi connectivity index (χ3v) is 3.22. The van der Waals surface area contributed by atoms with E-state index in [1.54, 1.807) is 0 Å². The summed E-state index contributed by atoms with van der Waals surface area (Å²) in [5, 5.41) is 8.56. The second-order valence-electron chi connectivity index (χ2n) is 3.85. The van der Waals surface area contributed by atoms with E-state index in [0.29, 0.717) is 25.6 Å². The van der Waals surface area contributed by atoms with E-state index in [2.05, 4.69) is 24.3 Å². The minimum absolute atomic E-state index is 0.536. The number of ether oxygens (including phenoxy) is 1. The largest absolute Gasteiger partial charge is 0.379 e. The van der Waals surface area contributed by atoms with E-state index < -0.39 is 0 Å². The highest BCUT2D eigenvalue weighted by atomic mass is 35.5. The van der Waals surface area contributed by atoms with E-state index in [4.69, 9.17) is 27.9 Å². The SMILES string of the molecule is CCc1nn(CC)c(CNCCOCCCl)c1Cl. The van der Waals surface area contributed by atoms with Crippen LogP contribution in [0.1, 0.15) is 25.2 Å². The van der Waals surface area contributed by atoms with Gasteiger partial charge in [-0.1, -0.05) is 18.5 Å². The molecule has 0 bridgehead atoms. The quantitative estimate of drug-likeness (QED) is 0.562. The zero-order chi connectivity index (χ0) is 13.4. The molecule has 0 amide bonds. The first kappa shape index (κ1) is 15.8. The fourth-order valence-electron chi connectivity index (χ4n) is 1.69. The lowest BCUT2D eigenvalue weighted by Gasteiger charge is -2.07. The fraction of sp³-hybridized carbons (Fsp3) is 0.750. The number of nitrogens with one attached hydrogen (secondary N) is 1. The van der Waals surface area contributed by atoms with Crippen molar-refractivity contribution in [1.82, 2.24) is 15.1 Å². The van der Waals surface area contributed by atoms with E-state index in [1.807, 2.05) is 4.68 Å². The van der Waals surface area contributed by atoms with Gasteiger partial charge in [-0.15, -0.1) is 11.6 Å². The van der Waals surface area contributed by atoms with Crippen LogP contribution < -0.4 is 5.32 Å². The summed E-state index contributed by atoms with van der Waals surface area (Å²) in [4.78, 5) is 0. The molecule has 6 heteroatoms. The van der Waals surface area contributed by atoms with Crippen LogP contribution in [0.3, 0.4) is 0 Å². The first-order valence-corrected chi connectivity index (χ1v) is 7.24. The van der Waals surface area contributed by atoms with Gasteiger partial charge in [0.2, 0.25) is 0 Å². The van der Waals surface area contributed by atoms with Crippen LogP contribution in [0.15, 0.2) is 0 Å². The Kier molecular flexibility index (Phi) is 7.66. The Balaban J connectivity index is 2.43. The molecule has 0 unspecified atom stereocenters. The molecule has 18 heavy (non-hydrogen) atoms. The molecule has 0 fully saturated rings. The number of rotatable bonds is 9. The number of halogens is 2. The normalized spacial score (nSPS) is 11.1. The summed E-state index contributed by atoms with van der Waals surface area (Å²) >= 11 is 11.8. The molecule has 0 aliphatic rings. The number of aromatic nitrogens is 2. The van der Waals surface area contributed by atoms with Crippen LogP contribution in [0, 0.1) is 0 Å². The lowest BCUT2D eigenvalue weighted by molar-refractivity contribution is 0.150. The van der Waals surface area contributed by atoms with E-state index in [9.17, 15) is 0 Å². The minimum atomic E-state index is 0.536. The molecule has 0 spiro atoms. The number of aryl methyl sites for hydroxylation is 2. The Bertz CT molecular complexity index is 355. The molecule has 0 aliphatic heterocycles. The van der Waals surface area contributed by atoms with Crippen LogP contribution >= 0.6 is 23.2 Å². The molecule has 1 rings (SSSR count). The van der Waals surface area contributed by atoms with Crippen molar-refractivity contribution in [2.24, 2.45) is 0 Å². The van der Waals surface area contributed by atoms with Crippen LogP contribution in [0.2, 0.25) is 5.02 Å². The molecular formula is C12H21Cl2N3O. The Hall–Kier alpha value is -0.290. The second-order valence-corrected chi connectivity index (χ2v) is 4.61. The zero-order valence-electron chi connectivity index (χ0n) is 11.0. The fourth-order valence-corrected chi connectivity index (χ4v) is 2.14. The maximum atomic E-state index is 6.30. The van der Waals surface area contributed by atoms with E-state index in [-0.39, 0.29) is 0 Å². The molecule has 1 N–H and O–H groups in total.